The van der Waals surface area contributed by atoms with Crippen LogP contribution in [0.25, 0.3) is 0 Å². The molecule has 0 aromatic heterocycles. The average molecular weight is 491 g/mol. The number of hydrogen-bond donors (Lipinski definition) is 0. The van der Waals surface area contributed by atoms with Gasteiger partial charge in [0.25, 0.3) is 0 Å². The van der Waals surface area contributed by atoms with Gasteiger partial charge in [0.15, 0.2) is 5.78 Å². The van der Waals surface area contributed by atoms with E-state index in [9.17, 15) is 14.4 Å². The van der Waals surface area contributed by atoms with Crippen molar-refractivity contribution < 1.29 is 14.4 Å². The second kappa shape index (κ2) is 12.3. The summed E-state index contributed by atoms with van der Waals surface area (Å²) in [5.74, 6) is 1.08. The van der Waals surface area contributed by atoms with Gasteiger partial charge in [-0.25, -0.2) is 0 Å². The van der Waals surface area contributed by atoms with Crippen LogP contribution in [0.3, 0.4) is 0 Å². The standard InChI is InChI=1S/C33H46O3/c1-7-10-16-30(35)22(4)24(13-8-2)20-31(36)28(32-29(9-3)33(32,5)6)21-27(34)19-23-17-25-14-11-12-15-26(25)18-23/h7,11-12,14-15,23-24,28-29,32H,1,4,8-10,13,16-21H2,2-3,5-6H3. The Bertz CT molecular complexity index is 959. The van der Waals surface area contributed by atoms with Crippen molar-refractivity contribution in [2.75, 3.05) is 0 Å². The Morgan fingerprint density at radius 3 is 2.25 bits per heavy atom. The maximum Gasteiger partial charge on any atom is 0.158 e. The highest BCUT2D eigenvalue weighted by molar-refractivity contribution is 5.96. The van der Waals surface area contributed by atoms with Gasteiger partial charge in [0.2, 0.25) is 0 Å². The molecule has 0 bridgehead atoms. The van der Waals surface area contributed by atoms with Crippen molar-refractivity contribution in [3.05, 3.63) is 60.2 Å². The van der Waals surface area contributed by atoms with Gasteiger partial charge in [0, 0.05) is 31.6 Å². The van der Waals surface area contributed by atoms with Crippen LogP contribution in [0.5, 0.6) is 0 Å². The largest absolute Gasteiger partial charge is 0.300 e. The quantitative estimate of drug-likeness (QED) is 0.178. The predicted molar refractivity (Wildman–Crippen MR) is 148 cm³/mol. The second-order valence-corrected chi connectivity index (χ2v) is 11.9. The molecule has 0 saturated heterocycles. The summed E-state index contributed by atoms with van der Waals surface area (Å²) in [5.41, 5.74) is 3.37. The summed E-state index contributed by atoms with van der Waals surface area (Å²) >= 11 is 0. The van der Waals surface area contributed by atoms with Crippen molar-refractivity contribution >= 4 is 17.3 Å². The Balaban J connectivity index is 1.70. The van der Waals surface area contributed by atoms with Gasteiger partial charge in [-0.2, -0.15) is 0 Å². The lowest BCUT2D eigenvalue weighted by atomic mass is 9.79. The van der Waals surface area contributed by atoms with Crippen LogP contribution in [0.4, 0.5) is 0 Å². The summed E-state index contributed by atoms with van der Waals surface area (Å²) in [6.45, 7) is 16.6. The summed E-state index contributed by atoms with van der Waals surface area (Å²) in [4.78, 5) is 39.8. The molecule has 1 saturated carbocycles. The van der Waals surface area contributed by atoms with Crippen LogP contribution in [-0.2, 0) is 27.2 Å². The highest BCUT2D eigenvalue weighted by atomic mass is 16.1. The molecule has 1 aromatic rings. The number of rotatable bonds is 16. The Labute approximate surface area is 218 Å². The number of ketones is 3. The van der Waals surface area contributed by atoms with Crippen LogP contribution < -0.4 is 0 Å². The fourth-order valence-electron chi connectivity index (χ4n) is 7.01. The number of hydrogen-bond acceptors (Lipinski definition) is 3. The smallest absolute Gasteiger partial charge is 0.158 e. The SMILES string of the molecule is C=CCCC(=O)C(=C)C(CCC)CC(=O)C(CC(=O)CC1Cc2ccccc2C1)C1C(CC)C1(C)C. The summed E-state index contributed by atoms with van der Waals surface area (Å²) in [7, 11) is 0. The lowest BCUT2D eigenvalue weighted by Gasteiger charge is -2.23. The van der Waals surface area contributed by atoms with Gasteiger partial charge in [-0.15, -0.1) is 6.58 Å². The van der Waals surface area contributed by atoms with E-state index >= 15 is 0 Å². The van der Waals surface area contributed by atoms with Crippen LogP contribution in [-0.4, -0.2) is 17.3 Å². The molecule has 0 amide bonds. The van der Waals surface area contributed by atoms with E-state index in [-0.39, 0.29) is 40.5 Å². The normalized spacial score (nSPS) is 21.9. The monoisotopic (exact) mass is 490 g/mol. The molecule has 0 heterocycles. The van der Waals surface area contributed by atoms with Gasteiger partial charge in [0.1, 0.15) is 11.6 Å². The number of benzene rings is 1. The molecular weight excluding hydrogens is 444 g/mol. The van der Waals surface area contributed by atoms with Crippen LogP contribution in [0.15, 0.2) is 49.1 Å². The van der Waals surface area contributed by atoms with Gasteiger partial charge < -0.3 is 0 Å². The summed E-state index contributed by atoms with van der Waals surface area (Å²) in [5, 5.41) is 0. The van der Waals surface area contributed by atoms with Crippen molar-refractivity contribution in [1.29, 1.82) is 0 Å². The third-order valence-corrected chi connectivity index (χ3v) is 9.04. The highest BCUT2D eigenvalue weighted by Crippen LogP contribution is 2.64. The van der Waals surface area contributed by atoms with Gasteiger partial charge >= 0.3 is 0 Å². The van der Waals surface area contributed by atoms with Crippen molar-refractivity contribution in [1.82, 2.24) is 0 Å². The number of Topliss-reactive ketones (excluding diaryl/α,β-unsaturated/α-hetero) is 3. The minimum atomic E-state index is -0.253. The summed E-state index contributed by atoms with van der Waals surface area (Å²) < 4.78 is 0. The first-order chi connectivity index (χ1) is 17.1. The Morgan fingerprint density at radius 1 is 1.08 bits per heavy atom. The number of allylic oxidation sites excluding steroid dienone is 2. The highest BCUT2D eigenvalue weighted by Gasteiger charge is 2.60. The zero-order valence-electron chi connectivity index (χ0n) is 23.0. The molecule has 3 rings (SSSR count). The minimum absolute atomic E-state index is 0.0350. The Kier molecular flexibility index (Phi) is 9.66. The first kappa shape index (κ1) is 28.3. The molecule has 0 radical (unpaired) electrons. The van der Waals surface area contributed by atoms with Crippen LogP contribution in [0, 0.1) is 35.0 Å². The Morgan fingerprint density at radius 2 is 1.72 bits per heavy atom. The molecule has 3 heteroatoms. The van der Waals surface area contributed by atoms with Gasteiger partial charge in [-0.3, -0.25) is 14.4 Å². The molecule has 1 aromatic carbocycles. The third-order valence-electron chi connectivity index (χ3n) is 9.04. The van der Waals surface area contributed by atoms with E-state index in [1.807, 2.05) is 0 Å². The molecule has 36 heavy (non-hydrogen) atoms. The zero-order chi connectivity index (χ0) is 26.5. The van der Waals surface area contributed by atoms with Crippen molar-refractivity contribution in [3.63, 3.8) is 0 Å². The van der Waals surface area contributed by atoms with Crippen LogP contribution in [0.1, 0.15) is 90.2 Å². The minimum Gasteiger partial charge on any atom is -0.300 e. The molecule has 1 fully saturated rings. The number of carbonyl (C=O) groups is 3. The van der Waals surface area contributed by atoms with E-state index in [4.69, 9.17) is 0 Å². The van der Waals surface area contributed by atoms with E-state index in [0.29, 0.717) is 49.5 Å². The fraction of sp³-hybridized carbons (Fsp3) is 0.606. The second-order valence-electron chi connectivity index (χ2n) is 11.9. The van der Waals surface area contributed by atoms with E-state index < -0.39 is 0 Å². The molecule has 0 spiro atoms. The lowest BCUT2D eigenvalue weighted by Crippen LogP contribution is -2.27. The van der Waals surface area contributed by atoms with Crippen LogP contribution in [0.2, 0.25) is 0 Å². The molecular formula is C33H46O3. The number of fused-ring (bicyclic) bond motifs is 1. The first-order valence-electron chi connectivity index (χ1n) is 14.1. The Hall–Kier alpha value is -2.29. The summed E-state index contributed by atoms with van der Waals surface area (Å²) in [6, 6.07) is 8.48. The molecule has 2 aliphatic carbocycles. The van der Waals surface area contributed by atoms with Crippen LogP contribution >= 0.6 is 0 Å². The molecule has 4 atom stereocenters. The van der Waals surface area contributed by atoms with E-state index in [1.165, 1.54) is 11.1 Å². The van der Waals surface area contributed by atoms with Gasteiger partial charge in [-0.1, -0.05) is 77.5 Å². The zero-order valence-corrected chi connectivity index (χ0v) is 23.0. The van der Waals surface area contributed by atoms with Gasteiger partial charge in [-0.05, 0) is 71.5 Å². The topological polar surface area (TPSA) is 51.2 Å². The van der Waals surface area contributed by atoms with E-state index in [2.05, 4.69) is 65.1 Å². The van der Waals surface area contributed by atoms with E-state index in [1.54, 1.807) is 6.08 Å². The average Bonchev–Trinajstić information content (AvgIpc) is 3.17. The third kappa shape index (κ3) is 6.52. The summed E-state index contributed by atoms with van der Waals surface area (Å²) in [6.07, 6.45) is 8.59. The van der Waals surface area contributed by atoms with Crippen molar-refractivity contribution in [3.8, 4) is 0 Å². The predicted octanol–water partition coefficient (Wildman–Crippen LogP) is 7.52. The molecule has 0 N–H and O–H groups in total. The maximum absolute atomic E-state index is 13.8. The maximum atomic E-state index is 13.8. The molecule has 4 unspecified atom stereocenters. The van der Waals surface area contributed by atoms with Crippen molar-refractivity contribution in [2.24, 2.45) is 35.0 Å². The van der Waals surface area contributed by atoms with Gasteiger partial charge in [0.05, 0.1) is 0 Å². The molecule has 0 aliphatic heterocycles. The number of carbonyl (C=O) groups excluding carboxylic acids is 3. The van der Waals surface area contributed by atoms with Crippen molar-refractivity contribution in [2.45, 2.75) is 91.9 Å². The molecule has 3 nitrogen and oxygen atoms in total. The lowest BCUT2D eigenvalue weighted by molar-refractivity contribution is -0.130. The fourth-order valence-corrected chi connectivity index (χ4v) is 7.01. The molecule has 2 aliphatic rings. The first-order valence-corrected chi connectivity index (χ1v) is 14.1. The molecule has 196 valence electrons. The van der Waals surface area contributed by atoms with E-state index in [0.717, 1.165) is 32.1 Å².